The summed E-state index contributed by atoms with van der Waals surface area (Å²) in [5.41, 5.74) is -0.907. The van der Waals surface area contributed by atoms with Crippen LogP contribution in [0.25, 0.3) is 5.52 Å². The zero-order chi connectivity index (χ0) is 15.3. The van der Waals surface area contributed by atoms with Crippen LogP contribution in [0.3, 0.4) is 0 Å². The number of fused-ring (bicyclic) bond motifs is 1. The molecule has 0 saturated heterocycles. The van der Waals surface area contributed by atoms with Gasteiger partial charge in [-0.15, -0.1) is 0 Å². The van der Waals surface area contributed by atoms with Gasteiger partial charge in [0.1, 0.15) is 5.52 Å². The Morgan fingerprint density at radius 2 is 2.14 bits per heavy atom. The van der Waals surface area contributed by atoms with E-state index in [1.54, 1.807) is 0 Å². The van der Waals surface area contributed by atoms with Crippen LogP contribution in [0.2, 0.25) is 0 Å². The van der Waals surface area contributed by atoms with E-state index in [0.717, 1.165) is 16.0 Å². The number of halogens is 3. The van der Waals surface area contributed by atoms with Crippen molar-refractivity contribution in [2.24, 2.45) is 0 Å². The average molecular weight is 318 g/mol. The summed E-state index contributed by atoms with van der Waals surface area (Å²) in [5, 5.41) is 7.29. The zero-order valence-corrected chi connectivity index (χ0v) is 11.2. The Morgan fingerprint density at radius 1 is 1.38 bits per heavy atom. The Kier molecular flexibility index (Phi) is 2.94. The van der Waals surface area contributed by atoms with Gasteiger partial charge in [0.15, 0.2) is 21.3 Å². The van der Waals surface area contributed by atoms with Gasteiger partial charge in [-0.05, 0) is 6.08 Å². The van der Waals surface area contributed by atoms with Crippen LogP contribution in [0.15, 0.2) is 29.9 Å². The van der Waals surface area contributed by atoms with Gasteiger partial charge in [0.2, 0.25) is 0 Å². The Labute approximate surface area is 117 Å². The number of nitrogens with one attached hydrogen (secondary N) is 1. The molecule has 2 aromatic rings. The summed E-state index contributed by atoms with van der Waals surface area (Å²) < 4.78 is 61.7. The molecule has 0 saturated carbocycles. The number of nitrogens with zero attached hydrogens (tertiary/aromatic N) is 3. The van der Waals surface area contributed by atoms with E-state index in [9.17, 15) is 21.6 Å². The SMILES string of the molecule is O=S1(=O)C=CC(Nc2nccn3nc(C(F)(F)F)cc23)C1. The molecule has 1 unspecified atom stereocenters. The lowest BCUT2D eigenvalue weighted by molar-refractivity contribution is -0.141. The Morgan fingerprint density at radius 3 is 2.76 bits per heavy atom. The molecule has 2 aromatic heterocycles. The fourth-order valence-electron chi connectivity index (χ4n) is 2.01. The van der Waals surface area contributed by atoms with Gasteiger partial charge < -0.3 is 5.32 Å². The van der Waals surface area contributed by atoms with Crippen LogP contribution in [-0.4, -0.2) is 34.8 Å². The van der Waals surface area contributed by atoms with E-state index in [1.165, 1.54) is 18.5 Å². The first-order valence-electron chi connectivity index (χ1n) is 5.84. The summed E-state index contributed by atoms with van der Waals surface area (Å²) in [7, 11) is -3.26. The van der Waals surface area contributed by atoms with E-state index >= 15 is 0 Å². The van der Waals surface area contributed by atoms with Crippen LogP contribution in [0, 0.1) is 0 Å². The maximum atomic E-state index is 12.7. The van der Waals surface area contributed by atoms with Crippen molar-refractivity contribution in [1.82, 2.24) is 14.6 Å². The van der Waals surface area contributed by atoms with Crippen LogP contribution in [0.1, 0.15) is 5.69 Å². The second-order valence-corrected chi connectivity index (χ2v) is 6.47. The van der Waals surface area contributed by atoms with Crippen LogP contribution in [0.4, 0.5) is 19.0 Å². The molecule has 0 spiro atoms. The van der Waals surface area contributed by atoms with Gasteiger partial charge in [-0.2, -0.15) is 18.3 Å². The number of alkyl halides is 3. The lowest BCUT2D eigenvalue weighted by Gasteiger charge is -2.11. The van der Waals surface area contributed by atoms with Crippen molar-refractivity contribution in [2.45, 2.75) is 12.2 Å². The van der Waals surface area contributed by atoms with Crippen LogP contribution >= 0.6 is 0 Å². The summed E-state index contributed by atoms with van der Waals surface area (Å²) >= 11 is 0. The molecule has 3 rings (SSSR count). The molecule has 3 heterocycles. The normalized spacial score (nSPS) is 21.0. The zero-order valence-electron chi connectivity index (χ0n) is 10.4. The van der Waals surface area contributed by atoms with Crippen LogP contribution < -0.4 is 5.32 Å². The first kappa shape index (κ1) is 13.9. The highest BCUT2D eigenvalue weighted by atomic mass is 32.2. The molecular formula is C11H9F3N4O2S. The topological polar surface area (TPSA) is 76.4 Å². The number of anilines is 1. The highest BCUT2D eigenvalue weighted by Crippen LogP contribution is 2.30. The Balaban J connectivity index is 1.96. The molecule has 0 bridgehead atoms. The third-order valence-electron chi connectivity index (χ3n) is 2.93. The minimum atomic E-state index is -4.56. The van der Waals surface area contributed by atoms with E-state index in [-0.39, 0.29) is 17.1 Å². The molecule has 21 heavy (non-hydrogen) atoms. The molecule has 112 valence electrons. The number of rotatable bonds is 2. The first-order valence-corrected chi connectivity index (χ1v) is 7.55. The Hall–Kier alpha value is -2.10. The van der Waals surface area contributed by atoms with E-state index in [0.29, 0.717) is 0 Å². The van der Waals surface area contributed by atoms with Crippen molar-refractivity contribution < 1.29 is 21.6 Å². The largest absolute Gasteiger partial charge is 0.435 e. The highest BCUT2D eigenvalue weighted by molar-refractivity contribution is 7.94. The van der Waals surface area contributed by atoms with E-state index < -0.39 is 27.7 Å². The average Bonchev–Trinajstić information content (AvgIpc) is 2.93. The third kappa shape index (κ3) is 2.71. The molecule has 0 aromatic carbocycles. The van der Waals surface area contributed by atoms with Gasteiger partial charge in [0, 0.05) is 23.9 Å². The Bertz CT molecular complexity index is 826. The minimum Gasteiger partial charge on any atom is -0.361 e. The molecule has 10 heteroatoms. The summed E-state index contributed by atoms with van der Waals surface area (Å²) in [6.45, 7) is 0. The van der Waals surface area contributed by atoms with Crippen molar-refractivity contribution in [3.05, 3.63) is 35.6 Å². The highest BCUT2D eigenvalue weighted by Gasteiger charge is 2.34. The van der Waals surface area contributed by atoms with Crippen molar-refractivity contribution in [1.29, 1.82) is 0 Å². The quantitative estimate of drug-likeness (QED) is 0.907. The molecule has 1 N–H and O–H groups in total. The van der Waals surface area contributed by atoms with E-state index in [4.69, 9.17) is 0 Å². The number of hydrogen-bond donors (Lipinski definition) is 1. The standard InChI is InChI=1S/C11H9F3N4O2S/c12-11(13,14)9-5-8-10(15-2-3-18(8)17-9)16-7-1-4-21(19,20)6-7/h1-5,7H,6H2,(H,15,16). The third-order valence-corrected chi connectivity index (χ3v) is 4.33. The van der Waals surface area contributed by atoms with Crippen LogP contribution in [-0.2, 0) is 16.0 Å². The predicted octanol–water partition coefficient (Wildman–Crippen LogP) is 1.47. The summed E-state index contributed by atoms with van der Waals surface area (Å²) in [6.07, 6.45) is -0.548. The van der Waals surface area contributed by atoms with Crippen molar-refractivity contribution in [3.63, 3.8) is 0 Å². The first-order chi connectivity index (χ1) is 9.74. The maximum absolute atomic E-state index is 12.7. The molecule has 0 amide bonds. The molecule has 0 radical (unpaired) electrons. The predicted molar refractivity (Wildman–Crippen MR) is 68.3 cm³/mol. The lowest BCUT2D eigenvalue weighted by Crippen LogP contribution is -2.21. The second kappa shape index (κ2) is 4.45. The van der Waals surface area contributed by atoms with Gasteiger partial charge in [-0.1, -0.05) is 0 Å². The van der Waals surface area contributed by atoms with Gasteiger partial charge in [0.05, 0.1) is 11.8 Å². The molecule has 0 fully saturated rings. The molecule has 6 nitrogen and oxygen atoms in total. The fourth-order valence-corrected chi connectivity index (χ4v) is 3.25. The molecule has 1 aliphatic heterocycles. The minimum absolute atomic E-state index is 0.127. The monoisotopic (exact) mass is 318 g/mol. The summed E-state index contributed by atoms with van der Waals surface area (Å²) in [6, 6.07) is 0.334. The van der Waals surface area contributed by atoms with Crippen molar-refractivity contribution >= 4 is 21.2 Å². The van der Waals surface area contributed by atoms with Gasteiger partial charge >= 0.3 is 6.18 Å². The van der Waals surface area contributed by atoms with Crippen LogP contribution in [0.5, 0.6) is 0 Å². The fraction of sp³-hybridized carbons (Fsp3) is 0.273. The van der Waals surface area contributed by atoms with Crippen molar-refractivity contribution in [2.75, 3.05) is 11.1 Å². The van der Waals surface area contributed by atoms with Gasteiger partial charge in [0.25, 0.3) is 0 Å². The molecular weight excluding hydrogens is 309 g/mol. The molecule has 0 aliphatic carbocycles. The lowest BCUT2D eigenvalue weighted by atomic mass is 10.3. The van der Waals surface area contributed by atoms with Gasteiger partial charge in [-0.3, -0.25) is 0 Å². The van der Waals surface area contributed by atoms with Gasteiger partial charge in [-0.25, -0.2) is 17.9 Å². The number of aromatic nitrogens is 3. The summed E-state index contributed by atoms with van der Waals surface area (Å²) in [4.78, 5) is 3.95. The summed E-state index contributed by atoms with van der Waals surface area (Å²) in [5.74, 6) is -0.0111. The number of hydrogen-bond acceptors (Lipinski definition) is 5. The number of sulfone groups is 1. The molecule has 1 aliphatic rings. The van der Waals surface area contributed by atoms with E-state index in [2.05, 4.69) is 15.4 Å². The van der Waals surface area contributed by atoms with Crippen molar-refractivity contribution in [3.8, 4) is 0 Å². The maximum Gasteiger partial charge on any atom is 0.435 e. The molecule has 1 atom stereocenters. The smallest absolute Gasteiger partial charge is 0.361 e. The van der Waals surface area contributed by atoms with E-state index in [1.807, 2.05) is 0 Å². The second-order valence-electron chi connectivity index (χ2n) is 4.54.